The maximum atomic E-state index is 10.9. The number of thiazole rings is 1. The molecule has 0 saturated carbocycles. The number of carbonyl (C=O) groups is 1. The second kappa shape index (κ2) is 4.47. The van der Waals surface area contributed by atoms with Gasteiger partial charge in [0.1, 0.15) is 4.34 Å². The van der Waals surface area contributed by atoms with Crippen molar-refractivity contribution in [1.29, 1.82) is 0 Å². The predicted molar refractivity (Wildman–Crippen MR) is 66.2 cm³/mol. The van der Waals surface area contributed by atoms with Gasteiger partial charge in [0, 0.05) is 18.0 Å². The number of nitrogens with zero attached hydrogens (tertiary/aromatic N) is 2. The van der Waals surface area contributed by atoms with E-state index >= 15 is 0 Å². The zero-order chi connectivity index (χ0) is 11.7. The molecule has 0 fully saturated rings. The van der Waals surface area contributed by atoms with Crippen molar-refractivity contribution in [3.63, 3.8) is 0 Å². The molecule has 4 nitrogen and oxygen atoms in total. The molecule has 16 heavy (non-hydrogen) atoms. The first kappa shape index (κ1) is 11.5. The first-order chi connectivity index (χ1) is 7.58. The van der Waals surface area contributed by atoms with Crippen molar-refractivity contribution >= 4 is 35.6 Å². The van der Waals surface area contributed by atoms with E-state index in [-0.39, 0.29) is 6.04 Å². The van der Waals surface area contributed by atoms with E-state index in [0.29, 0.717) is 13.0 Å². The predicted octanol–water partition coefficient (Wildman–Crippen LogP) is 2.59. The molecule has 0 aromatic carbocycles. The lowest BCUT2D eigenvalue weighted by atomic mass is 10.00. The summed E-state index contributed by atoms with van der Waals surface area (Å²) in [6, 6.07) is 0.00238. The SMILES string of the molecule is C[C@@H]1CC(c2csc(S)n2)=CCN1C(=O)O. The van der Waals surface area contributed by atoms with Crippen LogP contribution in [0.25, 0.3) is 5.57 Å². The van der Waals surface area contributed by atoms with E-state index in [1.807, 2.05) is 18.4 Å². The van der Waals surface area contributed by atoms with Crippen LogP contribution in [0, 0.1) is 0 Å². The molecule has 0 radical (unpaired) electrons. The van der Waals surface area contributed by atoms with E-state index in [2.05, 4.69) is 17.6 Å². The molecule has 1 atom stereocenters. The molecule has 1 N–H and O–H groups in total. The molecule has 0 spiro atoms. The normalized spacial score (nSPS) is 20.8. The van der Waals surface area contributed by atoms with Gasteiger partial charge in [-0.1, -0.05) is 6.08 Å². The van der Waals surface area contributed by atoms with Gasteiger partial charge in [-0.25, -0.2) is 9.78 Å². The Morgan fingerprint density at radius 3 is 3.00 bits per heavy atom. The summed E-state index contributed by atoms with van der Waals surface area (Å²) in [6.07, 6.45) is 1.77. The maximum absolute atomic E-state index is 10.9. The van der Waals surface area contributed by atoms with Crippen LogP contribution >= 0.6 is 24.0 Å². The second-order valence-electron chi connectivity index (χ2n) is 3.73. The number of aromatic nitrogens is 1. The molecular formula is C10H12N2O2S2. The summed E-state index contributed by atoms with van der Waals surface area (Å²) in [4.78, 5) is 16.6. The van der Waals surface area contributed by atoms with E-state index in [4.69, 9.17) is 5.11 Å². The molecule has 1 amide bonds. The van der Waals surface area contributed by atoms with Crippen molar-refractivity contribution in [1.82, 2.24) is 9.88 Å². The lowest BCUT2D eigenvalue weighted by molar-refractivity contribution is 0.133. The van der Waals surface area contributed by atoms with Crippen LogP contribution in [0.1, 0.15) is 19.0 Å². The number of hydrogen-bond donors (Lipinski definition) is 2. The fraction of sp³-hybridized carbons (Fsp3) is 0.400. The Bertz CT molecular complexity index is 442. The monoisotopic (exact) mass is 256 g/mol. The zero-order valence-corrected chi connectivity index (χ0v) is 10.5. The molecule has 0 aliphatic carbocycles. The summed E-state index contributed by atoms with van der Waals surface area (Å²) in [6.45, 7) is 2.35. The molecule has 2 heterocycles. The number of rotatable bonds is 1. The van der Waals surface area contributed by atoms with Crippen molar-refractivity contribution in [2.24, 2.45) is 0 Å². The minimum absolute atomic E-state index is 0.00238. The number of hydrogen-bond acceptors (Lipinski definition) is 4. The van der Waals surface area contributed by atoms with Crippen molar-refractivity contribution in [2.75, 3.05) is 6.54 Å². The quantitative estimate of drug-likeness (QED) is 0.759. The average molecular weight is 256 g/mol. The van der Waals surface area contributed by atoms with Gasteiger partial charge in [0.05, 0.1) is 5.69 Å². The van der Waals surface area contributed by atoms with Gasteiger partial charge in [-0.3, -0.25) is 0 Å². The maximum Gasteiger partial charge on any atom is 0.407 e. The van der Waals surface area contributed by atoms with Gasteiger partial charge >= 0.3 is 6.09 Å². The summed E-state index contributed by atoms with van der Waals surface area (Å²) in [5.74, 6) is 0. The first-order valence-corrected chi connectivity index (χ1v) is 6.24. The minimum Gasteiger partial charge on any atom is -0.465 e. The van der Waals surface area contributed by atoms with E-state index in [0.717, 1.165) is 15.6 Å². The minimum atomic E-state index is -0.865. The summed E-state index contributed by atoms with van der Waals surface area (Å²) in [7, 11) is 0. The molecular weight excluding hydrogens is 244 g/mol. The first-order valence-electron chi connectivity index (χ1n) is 4.91. The van der Waals surface area contributed by atoms with E-state index < -0.39 is 6.09 Å². The van der Waals surface area contributed by atoms with Gasteiger partial charge in [0.15, 0.2) is 0 Å². The van der Waals surface area contributed by atoms with Crippen molar-refractivity contribution < 1.29 is 9.90 Å². The number of thiol groups is 1. The smallest absolute Gasteiger partial charge is 0.407 e. The summed E-state index contributed by atoms with van der Waals surface area (Å²) >= 11 is 5.66. The van der Waals surface area contributed by atoms with E-state index in [1.165, 1.54) is 16.2 Å². The van der Waals surface area contributed by atoms with Crippen LogP contribution in [-0.2, 0) is 0 Å². The lowest BCUT2D eigenvalue weighted by Crippen LogP contribution is -2.40. The highest BCUT2D eigenvalue weighted by atomic mass is 32.2. The standard InChI is InChI=1S/C10H12N2O2S2/c1-6-4-7(2-3-12(6)10(13)14)8-5-16-9(15)11-8/h2,5-6H,3-4H2,1H3,(H,11,15)(H,13,14)/t6-/m1/s1. The summed E-state index contributed by atoms with van der Waals surface area (Å²) < 4.78 is 0.740. The van der Waals surface area contributed by atoms with Crippen LogP contribution in [-0.4, -0.2) is 33.7 Å². The van der Waals surface area contributed by atoms with Crippen molar-refractivity contribution in [2.45, 2.75) is 23.7 Å². The fourth-order valence-corrected chi connectivity index (χ4v) is 2.63. The second-order valence-corrected chi connectivity index (χ2v) is 5.32. The molecule has 0 bridgehead atoms. The highest BCUT2D eigenvalue weighted by Gasteiger charge is 2.24. The van der Waals surface area contributed by atoms with Crippen LogP contribution in [0.3, 0.4) is 0 Å². The van der Waals surface area contributed by atoms with E-state index in [1.54, 1.807) is 0 Å². The number of carboxylic acid groups (broad SMARTS) is 1. The van der Waals surface area contributed by atoms with Gasteiger partial charge in [0.25, 0.3) is 0 Å². The van der Waals surface area contributed by atoms with Gasteiger partial charge in [-0.15, -0.1) is 24.0 Å². The third-order valence-corrected chi connectivity index (χ3v) is 3.71. The van der Waals surface area contributed by atoms with E-state index in [9.17, 15) is 4.79 Å². The van der Waals surface area contributed by atoms with Gasteiger partial charge in [-0.05, 0) is 18.9 Å². The highest BCUT2D eigenvalue weighted by molar-refractivity contribution is 7.82. The molecule has 0 unspecified atom stereocenters. The Balaban J connectivity index is 2.18. The lowest BCUT2D eigenvalue weighted by Gasteiger charge is -2.30. The zero-order valence-electron chi connectivity index (χ0n) is 8.75. The molecule has 6 heteroatoms. The molecule has 86 valence electrons. The Hall–Kier alpha value is -1.01. The Labute approximate surface area is 103 Å². The molecule has 2 rings (SSSR count). The molecule has 1 aliphatic rings. The third kappa shape index (κ3) is 2.22. The summed E-state index contributed by atoms with van der Waals surface area (Å²) in [5, 5.41) is 10.9. The molecule has 1 aliphatic heterocycles. The Morgan fingerprint density at radius 2 is 2.50 bits per heavy atom. The Morgan fingerprint density at radius 1 is 1.75 bits per heavy atom. The van der Waals surface area contributed by atoms with Gasteiger partial charge < -0.3 is 10.0 Å². The van der Waals surface area contributed by atoms with Crippen LogP contribution < -0.4 is 0 Å². The fourth-order valence-electron chi connectivity index (χ4n) is 1.79. The molecule has 1 aromatic rings. The highest BCUT2D eigenvalue weighted by Crippen LogP contribution is 2.28. The molecule has 1 aromatic heterocycles. The van der Waals surface area contributed by atoms with Crippen LogP contribution in [0.5, 0.6) is 0 Å². The topological polar surface area (TPSA) is 53.4 Å². The van der Waals surface area contributed by atoms with Crippen molar-refractivity contribution in [3.8, 4) is 0 Å². The summed E-state index contributed by atoms with van der Waals surface area (Å²) in [5.41, 5.74) is 2.04. The largest absolute Gasteiger partial charge is 0.465 e. The van der Waals surface area contributed by atoms with Crippen LogP contribution in [0.2, 0.25) is 0 Å². The Kier molecular flexibility index (Phi) is 3.20. The van der Waals surface area contributed by atoms with Crippen molar-refractivity contribution in [3.05, 3.63) is 17.2 Å². The van der Waals surface area contributed by atoms with Gasteiger partial charge in [0.2, 0.25) is 0 Å². The van der Waals surface area contributed by atoms with Crippen LogP contribution in [0.15, 0.2) is 15.8 Å². The van der Waals surface area contributed by atoms with Gasteiger partial charge in [-0.2, -0.15) is 0 Å². The third-order valence-electron chi connectivity index (χ3n) is 2.65. The average Bonchev–Trinajstić information content (AvgIpc) is 2.64. The molecule has 0 saturated heterocycles. The van der Waals surface area contributed by atoms with Crippen LogP contribution in [0.4, 0.5) is 4.79 Å². The number of amides is 1.